The van der Waals surface area contributed by atoms with E-state index in [1.165, 1.54) is 0 Å². The summed E-state index contributed by atoms with van der Waals surface area (Å²) in [5, 5.41) is 3.39. The van der Waals surface area contributed by atoms with Crippen LogP contribution in [0.2, 0.25) is 5.02 Å². The van der Waals surface area contributed by atoms with Crippen LogP contribution in [0.25, 0.3) is 0 Å². The van der Waals surface area contributed by atoms with Crippen LogP contribution in [-0.4, -0.2) is 31.7 Å². The fraction of sp³-hybridized carbons (Fsp3) is 0.438. The lowest BCUT2D eigenvalue weighted by Gasteiger charge is -2.14. The maximum absolute atomic E-state index is 12.1. The van der Waals surface area contributed by atoms with E-state index in [2.05, 4.69) is 17.2 Å². The first-order valence-electron chi connectivity index (χ1n) is 7.00. The summed E-state index contributed by atoms with van der Waals surface area (Å²) in [7, 11) is 0. The third-order valence-corrected chi connectivity index (χ3v) is 3.93. The molecule has 1 heterocycles. The van der Waals surface area contributed by atoms with Crippen LogP contribution in [-0.2, 0) is 4.74 Å². The van der Waals surface area contributed by atoms with Crippen LogP contribution in [0.4, 0.5) is 0 Å². The molecule has 3 N–H and O–H groups in total. The Labute approximate surface area is 130 Å². The lowest BCUT2D eigenvalue weighted by Crippen LogP contribution is -2.31. The molecule has 2 unspecified atom stereocenters. The molecule has 112 valence electrons. The summed E-state index contributed by atoms with van der Waals surface area (Å²) in [6.45, 7) is 3.69. The highest BCUT2D eigenvalue weighted by Crippen LogP contribution is 2.20. The van der Waals surface area contributed by atoms with E-state index in [1.807, 2.05) is 6.92 Å². The second-order valence-corrected chi connectivity index (χ2v) is 5.44. The highest BCUT2D eigenvalue weighted by Gasteiger charge is 2.24. The third kappa shape index (κ3) is 4.21. The molecule has 1 saturated heterocycles. The molecule has 1 aliphatic heterocycles. The normalized spacial score (nSPS) is 20.7. The van der Waals surface area contributed by atoms with Gasteiger partial charge in [-0.25, -0.2) is 0 Å². The number of hydrogen-bond acceptors (Lipinski definition) is 3. The smallest absolute Gasteiger partial charge is 0.251 e. The number of carbonyl (C=O) groups excluding carboxylic acids is 1. The van der Waals surface area contributed by atoms with E-state index < -0.39 is 0 Å². The van der Waals surface area contributed by atoms with Gasteiger partial charge in [-0.1, -0.05) is 23.4 Å². The van der Waals surface area contributed by atoms with Gasteiger partial charge in [0, 0.05) is 30.2 Å². The lowest BCUT2D eigenvalue weighted by molar-refractivity contribution is 0.0907. The Balaban J connectivity index is 1.97. The molecule has 1 aromatic rings. The van der Waals surface area contributed by atoms with Gasteiger partial charge in [-0.2, -0.15) is 0 Å². The minimum atomic E-state index is -0.130. The Hall–Kier alpha value is -1.54. The second kappa shape index (κ2) is 7.46. The molecule has 21 heavy (non-hydrogen) atoms. The van der Waals surface area contributed by atoms with Gasteiger partial charge >= 0.3 is 0 Å². The van der Waals surface area contributed by atoms with E-state index in [9.17, 15) is 4.79 Å². The summed E-state index contributed by atoms with van der Waals surface area (Å²) < 4.78 is 5.48. The van der Waals surface area contributed by atoms with Crippen molar-refractivity contribution in [1.29, 1.82) is 0 Å². The zero-order valence-corrected chi connectivity index (χ0v) is 12.7. The Morgan fingerprint density at radius 2 is 2.38 bits per heavy atom. The van der Waals surface area contributed by atoms with Crippen molar-refractivity contribution in [2.24, 2.45) is 11.7 Å². The van der Waals surface area contributed by atoms with Gasteiger partial charge in [0.05, 0.1) is 17.7 Å². The highest BCUT2D eigenvalue weighted by molar-refractivity contribution is 6.32. The molecule has 2 rings (SSSR count). The van der Waals surface area contributed by atoms with E-state index in [0.29, 0.717) is 28.6 Å². The molecule has 2 atom stereocenters. The van der Waals surface area contributed by atoms with Crippen molar-refractivity contribution in [2.75, 3.05) is 19.7 Å². The largest absolute Gasteiger partial charge is 0.378 e. The fourth-order valence-electron chi connectivity index (χ4n) is 2.27. The molecule has 1 fully saturated rings. The molecule has 0 saturated carbocycles. The van der Waals surface area contributed by atoms with Crippen molar-refractivity contribution in [3.05, 3.63) is 34.3 Å². The van der Waals surface area contributed by atoms with E-state index in [4.69, 9.17) is 22.1 Å². The van der Waals surface area contributed by atoms with Crippen molar-refractivity contribution in [2.45, 2.75) is 19.4 Å². The number of nitrogens with two attached hydrogens (primary N) is 1. The molecule has 0 radical (unpaired) electrons. The third-order valence-electron chi connectivity index (χ3n) is 3.61. The molecule has 0 bridgehead atoms. The number of carbonyl (C=O) groups is 1. The number of hydrogen-bond donors (Lipinski definition) is 2. The molecule has 5 heteroatoms. The molecule has 0 spiro atoms. The lowest BCUT2D eigenvalue weighted by atomic mass is 10.0. The number of rotatable bonds is 3. The van der Waals surface area contributed by atoms with Gasteiger partial charge in [-0.3, -0.25) is 4.79 Å². The quantitative estimate of drug-likeness (QED) is 0.837. The zero-order chi connectivity index (χ0) is 15.2. The average Bonchev–Trinajstić information content (AvgIpc) is 2.88. The van der Waals surface area contributed by atoms with Crippen molar-refractivity contribution in [3.63, 3.8) is 0 Å². The summed E-state index contributed by atoms with van der Waals surface area (Å²) >= 11 is 6.12. The van der Waals surface area contributed by atoms with E-state index in [1.54, 1.807) is 18.2 Å². The first kappa shape index (κ1) is 15.8. The molecule has 1 aliphatic rings. The molecule has 0 aliphatic carbocycles. The summed E-state index contributed by atoms with van der Waals surface area (Å²) in [5.41, 5.74) is 6.53. The Kier molecular flexibility index (Phi) is 5.63. The van der Waals surface area contributed by atoms with Crippen LogP contribution in [0.5, 0.6) is 0 Å². The van der Waals surface area contributed by atoms with Crippen LogP contribution in [0.3, 0.4) is 0 Å². The summed E-state index contributed by atoms with van der Waals surface area (Å²) in [5.74, 6) is 5.85. The van der Waals surface area contributed by atoms with Crippen LogP contribution in [0.15, 0.2) is 18.2 Å². The number of halogens is 1. The first-order chi connectivity index (χ1) is 10.1. The highest BCUT2D eigenvalue weighted by atomic mass is 35.5. The van der Waals surface area contributed by atoms with Gasteiger partial charge in [0.1, 0.15) is 0 Å². The molecule has 4 nitrogen and oxygen atoms in total. The number of amides is 1. The van der Waals surface area contributed by atoms with E-state index >= 15 is 0 Å². The summed E-state index contributed by atoms with van der Waals surface area (Å²) in [4.78, 5) is 12.1. The average molecular weight is 307 g/mol. The van der Waals surface area contributed by atoms with Gasteiger partial charge in [0.2, 0.25) is 0 Å². The minimum absolute atomic E-state index is 0.130. The van der Waals surface area contributed by atoms with Crippen molar-refractivity contribution in [3.8, 4) is 11.8 Å². The monoisotopic (exact) mass is 306 g/mol. The predicted octanol–water partition coefficient (Wildman–Crippen LogP) is 1.81. The van der Waals surface area contributed by atoms with Crippen molar-refractivity contribution < 1.29 is 9.53 Å². The first-order valence-corrected chi connectivity index (χ1v) is 7.38. The molecule has 1 amide bonds. The Morgan fingerprint density at radius 3 is 3.00 bits per heavy atom. The summed E-state index contributed by atoms with van der Waals surface area (Å²) in [6.07, 6.45) is 1.18. The van der Waals surface area contributed by atoms with Gasteiger partial charge in [-0.05, 0) is 31.5 Å². The van der Waals surface area contributed by atoms with Crippen LogP contribution >= 0.6 is 11.6 Å². The van der Waals surface area contributed by atoms with Crippen LogP contribution in [0, 0.1) is 17.8 Å². The van der Waals surface area contributed by atoms with Gasteiger partial charge in [0.25, 0.3) is 5.91 Å². The Bertz CT molecular complexity index is 577. The second-order valence-electron chi connectivity index (χ2n) is 5.04. The topological polar surface area (TPSA) is 64.3 Å². The SMILES string of the molecule is CC1OCCC1CNC(=O)c1ccc(C#CCN)c(Cl)c1. The van der Waals surface area contributed by atoms with Crippen LogP contribution in [0.1, 0.15) is 29.3 Å². The standard InChI is InChI=1S/C16H19ClN2O2/c1-11-14(6-8-21-11)10-19-16(20)13-5-4-12(3-2-7-18)15(17)9-13/h4-5,9,11,14H,6-8,10,18H2,1H3,(H,19,20). The van der Waals surface area contributed by atoms with Crippen molar-refractivity contribution in [1.82, 2.24) is 5.32 Å². The van der Waals surface area contributed by atoms with E-state index in [0.717, 1.165) is 13.0 Å². The summed E-state index contributed by atoms with van der Waals surface area (Å²) in [6, 6.07) is 5.09. The number of benzene rings is 1. The fourth-order valence-corrected chi connectivity index (χ4v) is 2.50. The molecule has 1 aromatic carbocycles. The maximum Gasteiger partial charge on any atom is 0.251 e. The molecular weight excluding hydrogens is 288 g/mol. The van der Waals surface area contributed by atoms with Gasteiger partial charge < -0.3 is 15.8 Å². The number of ether oxygens (including phenoxy) is 1. The zero-order valence-electron chi connectivity index (χ0n) is 12.0. The van der Waals surface area contributed by atoms with E-state index in [-0.39, 0.29) is 18.6 Å². The molecule has 0 aromatic heterocycles. The van der Waals surface area contributed by atoms with Gasteiger partial charge in [0.15, 0.2) is 0 Å². The molecular formula is C16H19ClN2O2. The number of nitrogens with one attached hydrogen (secondary N) is 1. The Morgan fingerprint density at radius 1 is 1.57 bits per heavy atom. The van der Waals surface area contributed by atoms with Crippen molar-refractivity contribution >= 4 is 17.5 Å². The minimum Gasteiger partial charge on any atom is -0.378 e. The maximum atomic E-state index is 12.1. The van der Waals surface area contributed by atoms with Crippen LogP contribution < -0.4 is 11.1 Å². The predicted molar refractivity (Wildman–Crippen MR) is 83.2 cm³/mol. The van der Waals surface area contributed by atoms with Gasteiger partial charge in [-0.15, -0.1) is 0 Å².